The quantitative estimate of drug-likeness (QED) is 0.774. The van der Waals surface area contributed by atoms with Gasteiger partial charge in [-0.05, 0) is 106 Å². The minimum Gasteiger partial charge on any atom is -0.393 e. The van der Waals surface area contributed by atoms with Crippen molar-refractivity contribution in [1.82, 2.24) is 0 Å². The van der Waals surface area contributed by atoms with Gasteiger partial charge in [0, 0.05) is 5.92 Å². The third kappa shape index (κ3) is 2.20. The van der Waals surface area contributed by atoms with Crippen LogP contribution in [0.3, 0.4) is 0 Å². The second kappa shape index (κ2) is 5.83. The highest BCUT2D eigenvalue weighted by Gasteiger charge is 2.61. The fraction of sp³-hybridized carbons (Fsp3) is 0.955. The molecule has 0 heterocycles. The summed E-state index contributed by atoms with van der Waals surface area (Å²) in [5.74, 6) is 4.02. The van der Waals surface area contributed by atoms with E-state index in [2.05, 4.69) is 13.8 Å². The topological polar surface area (TPSA) is 37.3 Å². The van der Waals surface area contributed by atoms with Crippen LogP contribution in [-0.4, -0.2) is 17.0 Å². The summed E-state index contributed by atoms with van der Waals surface area (Å²) in [5.41, 5.74) is 0.779. The van der Waals surface area contributed by atoms with Crippen molar-refractivity contribution in [3.8, 4) is 0 Å². The molecule has 8 atom stereocenters. The van der Waals surface area contributed by atoms with Crippen molar-refractivity contribution in [3.05, 3.63) is 0 Å². The molecule has 0 bridgehead atoms. The summed E-state index contributed by atoms with van der Waals surface area (Å²) < 4.78 is 0. The van der Waals surface area contributed by atoms with Gasteiger partial charge in [0.1, 0.15) is 5.78 Å². The lowest BCUT2D eigenvalue weighted by molar-refractivity contribution is -0.141. The monoisotopic (exact) mass is 332 g/mol. The van der Waals surface area contributed by atoms with E-state index in [0.717, 1.165) is 42.9 Å². The molecular formula is C22H36O2. The number of hydrogen-bond donors (Lipinski definition) is 1. The molecule has 4 fully saturated rings. The minimum atomic E-state index is -0.0495. The summed E-state index contributed by atoms with van der Waals surface area (Å²) in [5, 5.41) is 10.1. The lowest BCUT2D eigenvalue weighted by Crippen LogP contribution is -2.54. The lowest BCUT2D eigenvalue weighted by Gasteiger charge is -2.61. The van der Waals surface area contributed by atoms with Crippen LogP contribution in [0.1, 0.15) is 85.0 Å². The molecule has 0 saturated heterocycles. The molecule has 1 N–H and O–H groups in total. The van der Waals surface area contributed by atoms with Crippen molar-refractivity contribution in [1.29, 1.82) is 0 Å². The smallest absolute Gasteiger partial charge is 0.133 e. The summed E-state index contributed by atoms with van der Waals surface area (Å²) in [6.07, 6.45) is 12.2. The van der Waals surface area contributed by atoms with Crippen LogP contribution in [0.4, 0.5) is 0 Å². The lowest BCUT2D eigenvalue weighted by atomic mass is 9.44. The fourth-order valence-electron chi connectivity index (χ4n) is 8.34. The third-order valence-electron chi connectivity index (χ3n) is 9.50. The van der Waals surface area contributed by atoms with Gasteiger partial charge >= 0.3 is 0 Å². The maximum Gasteiger partial charge on any atom is 0.133 e. The van der Waals surface area contributed by atoms with Crippen molar-refractivity contribution in [3.63, 3.8) is 0 Å². The molecule has 0 spiro atoms. The first-order valence-electron chi connectivity index (χ1n) is 10.6. The Hall–Kier alpha value is -0.370. The molecular weight excluding hydrogens is 296 g/mol. The number of aliphatic hydroxyl groups is 1. The van der Waals surface area contributed by atoms with E-state index in [9.17, 15) is 9.90 Å². The number of aliphatic hydroxyl groups excluding tert-OH is 1. The van der Waals surface area contributed by atoms with Crippen LogP contribution in [0, 0.1) is 40.4 Å². The number of fused-ring (bicyclic) bond motifs is 5. The van der Waals surface area contributed by atoms with E-state index in [-0.39, 0.29) is 6.10 Å². The van der Waals surface area contributed by atoms with Crippen LogP contribution in [0.25, 0.3) is 0 Å². The summed E-state index contributed by atoms with van der Waals surface area (Å²) in [6.45, 7) is 6.74. The number of Topliss-reactive ketones (excluding diaryl/α,β-unsaturated/α-hetero) is 1. The van der Waals surface area contributed by atoms with Gasteiger partial charge in [-0.15, -0.1) is 0 Å². The third-order valence-corrected chi connectivity index (χ3v) is 9.50. The number of carbonyl (C=O) groups is 1. The maximum absolute atomic E-state index is 12.3. The highest BCUT2D eigenvalue weighted by Crippen LogP contribution is 2.68. The molecule has 0 aromatic heterocycles. The SMILES string of the molecule is CC[C@]12CC[C@H]3[C@@H](CC[C@@H]4C[C@H](O)CC[C@@]43C)[C@@H]1CC[C@@H]2C(C)=O. The van der Waals surface area contributed by atoms with Gasteiger partial charge in [-0.2, -0.15) is 0 Å². The van der Waals surface area contributed by atoms with Crippen LogP contribution in [0.2, 0.25) is 0 Å². The first kappa shape index (κ1) is 17.1. The molecule has 0 radical (unpaired) electrons. The average molecular weight is 333 g/mol. The molecule has 2 nitrogen and oxygen atoms in total. The molecule has 136 valence electrons. The molecule has 2 heteroatoms. The van der Waals surface area contributed by atoms with Crippen molar-refractivity contribution in [2.24, 2.45) is 40.4 Å². The van der Waals surface area contributed by atoms with Crippen LogP contribution in [0.5, 0.6) is 0 Å². The number of ketones is 1. The zero-order chi connectivity index (χ0) is 17.1. The second-order valence-corrected chi connectivity index (χ2v) is 9.95. The van der Waals surface area contributed by atoms with E-state index in [1.54, 1.807) is 0 Å². The van der Waals surface area contributed by atoms with Gasteiger partial charge in [0.2, 0.25) is 0 Å². The summed E-state index contributed by atoms with van der Waals surface area (Å²) in [7, 11) is 0. The standard InChI is InChI=1S/C22H36O2/c1-4-22-12-10-19-17(20(22)8-7-18(22)14(2)23)6-5-15-13-16(24)9-11-21(15,19)3/h15-20,24H,4-13H2,1-3H3/t15-,16-,17-,18-,19+,20+,21+,22-/m1/s1. The normalized spacial score (nSPS) is 53.8. The van der Waals surface area contributed by atoms with E-state index in [1.165, 1.54) is 44.9 Å². The van der Waals surface area contributed by atoms with E-state index in [1.807, 2.05) is 6.92 Å². The highest BCUT2D eigenvalue weighted by atomic mass is 16.3. The Kier molecular flexibility index (Phi) is 4.14. The molecule has 4 rings (SSSR count). The fourth-order valence-corrected chi connectivity index (χ4v) is 8.34. The molecule has 24 heavy (non-hydrogen) atoms. The molecule has 0 aromatic carbocycles. The van der Waals surface area contributed by atoms with Gasteiger partial charge in [0.05, 0.1) is 6.10 Å². The Morgan fingerprint density at radius 2 is 1.83 bits per heavy atom. The largest absolute Gasteiger partial charge is 0.393 e. The molecule has 4 aliphatic rings. The Balaban J connectivity index is 1.64. The summed E-state index contributed by atoms with van der Waals surface area (Å²) in [6, 6.07) is 0. The van der Waals surface area contributed by atoms with Crippen LogP contribution in [-0.2, 0) is 4.79 Å². The molecule has 4 saturated carbocycles. The van der Waals surface area contributed by atoms with Gasteiger partial charge in [-0.3, -0.25) is 4.79 Å². The van der Waals surface area contributed by atoms with E-state index in [4.69, 9.17) is 0 Å². The van der Waals surface area contributed by atoms with Gasteiger partial charge in [0.15, 0.2) is 0 Å². The molecule has 4 aliphatic carbocycles. The van der Waals surface area contributed by atoms with E-state index >= 15 is 0 Å². The highest BCUT2D eigenvalue weighted by molar-refractivity contribution is 5.79. The summed E-state index contributed by atoms with van der Waals surface area (Å²) >= 11 is 0. The van der Waals surface area contributed by atoms with Crippen LogP contribution >= 0.6 is 0 Å². The van der Waals surface area contributed by atoms with Crippen LogP contribution < -0.4 is 0 Å². The Bertz CT molecular complexity index is 514. The predicted octanol–water partition coefficient (Wildman–Crippen LogP) is 4.99. The Morgan fingerprint density at radius 1 is 1.04 bits per heavy atom. The maximum atomic E-state index is 12.3. The average Bonchev–Trinajstić information content (AvgIpc) is 2.95. The van der Waals surface area contributed by atoms with Crippen molar-refractivity contribution < 1.29 is 9.90 Å². The number of carbonyl (C=O) groups excluding carboxylic acids is 1. The van der Waals surface area contributed by atoms with E-state index < -0.39 is 0 Å². The summed E-state index contributed by atoms with van der Waals surface area (Å²) in [4.78, 5) is 12.3. The first-order valence-corrected chi connectivity index (χ1v) is 10.6. The first-order chi connectivity index (χ1) is 11.4. The number of rotatable bonds is 2. The molecule has 0 amide bonds. The molecule has 0 aromatic rings. The van der Waals surface area contributed by atoms with Crippen molar-refractivity contribution >= 4 is 5.78 Å². The van der Waals surface area contributed by atoms with Gasteiger partial charge < -0.3 is 5.11 Å². The predicted molar refractivity (Wildman–Crippen MR) is 96.5 cm³/mol. The minimum absolute atomic E-state index is 0.0495. The zero-order valence-corrected chi connectivity index (χ0v) is 15.9. The van der Waals surface area contributed by atoms with Gasteiger partial charge in [-0.25, -0.2) is 0 Å². The second-order valence-electron chi connectivity index (χ2n) is 9.95. The number of hydrogen-bond acceptors (Lipinski definition) is 2. The van der Waals surface area contributed by atoms with Crippen LogP contribution in [0.15, 0.2) is 0 Å². The van der Waals surface area contributed by atoms with Crippen molar-refractivity contribution in [2.45, 2.75) is 91.1 Å². The van der Waals surface area contributed by atoms with Gasteiger partial charge in [-0.1, -0.05) is 13.8 Å². The van der Waals surface area contributed by atoms with E-state index in [0.29, 0.717) is 22.5 Å². The Labute approximate surface area is 147 Å². The molecule has 0 aliphatic heterocycles. The Morgan fingerprint density at radius 3 is 2.54 bits per heavy atom. The van der Waals surface area contributed by atoms with Crippen molar-refractivity contribution in [2.75, 3.05) is 0 Å². The molecule has 0 unspecified atom stereocenters. The van der Waals surface area contributed by atoms with Gasteiger partial charge in [0.25, 0.3) is 0 Å². The zero-order valence-electron chi connectivity index (χ0n) is 15.9.